The van der Waals surface area contributed by atoms with Crippen LogP contribution < -0.4 is 11.1 Å². The molecule has 1 saturated heterocycles. The van der Waals surface area contributed by atoms with Crippen molar-refractivity contribution in [2.45, 2.75) is 63.6 Å². The first-order chi connectivity index (χ1) is 12.0. The van der Waals surface area contributed by atoms with Gasteiger partial charge in [-0.05, 0) is 57.6 Å². The number of amides is 2. The molecule has 1 aliphatic carbocycles. The Labute approximate surface area is 150 Å². The minimum absolute atomic E-state index is 0.0288. The molecule has 1 aromatic rings. The normalized spacial score (nSPS) is 29.9. The molecule has 136 valence electrons. The monoisotopic (exact) mass is 343 g/mol. The number of piperidine rings is 1. The molecular weight excluding hydrogens is 314 g/mol. The molecule has 2 aliphatic rings. The van der Waals surface area contributed by atoms with E-state index in [0.29, 0.717) is 5.56 Å². The molecule has 1 heterocycles. The van der Waals surface area contributed by atoms with E-state index < -0.39 is 0 Å². The first-order valence-corrected chi connectivity index (χ1v) is 9.46. The molecular formula is C20H29N3O2. The zero-order valence-corrected chi connectivity index (χ0v) is 15.0. The van der Waals surface area contributed by atoms with Crippen LogP contribution in [0.25, 0.3) is 0 Å². The van der Waals surface area contributed by atoms with Gasteiger partial charge in [-0.1, -0.05) is 18.2 Å². The lowest BCUT2D eigenvalue weighted by Crippen LogP contribution is -2.52. The lowest BCUT2D eigenvalue weighted by atomic mass is 9.84. The highest BCUT2D eigenvalue weighted by Crippen LogP contribution is 2.28. The molecule has 0 radical (unpaired) electrons. The number of hydrogen-bond donors (Lipinski definition) is 2. The van der Waals surface area contributed by atoms with E-state index in [0.717, 1.165) is 45.1 Å². The third-order valence-electron chi connectivity index (χ3n) is 5.65. The van der Waals surface area contributed by atoms with Crippen molar-refractivity contribution in [3.63, 3.8) is 0 Å². The van der Waals surface area contributed by atoms with E-state index in [4.69, 9.17) is 5.73 Å². The summed E-state index contributed by atoms with van der Waals surface area (Å²) < 4.78 is 0. The second-order valence-electron chi connectivity index (χ2n) is 7.55. The maximum atomic E-state index is 12.8. The third kappa shape index (κ3) is 4.40. The standard InChI is InChI=1S/C20H29N3O2/c1-14-13-18(22-19(24)15-5-3-2-4-6-15)11-12-23(14)20(25)16-7-9-17(21)10-8-16/h2-6,14,16-18H,7-13,21H2,1H3,(H,22,24)/t14-,16?,17?,18+/m0/s1. The molecule has 5 nitrogen and oxygen atoms in total. The van der Waals surface area contributed by atoms with E-state index in [9.17, 15) is 9.59 Å². The zero-order valence-electron chi connectivity index (χ0n) is 15.0. The van der Waals surface area contributed by atoms with E-state index >= 15 is 0 Å². The smallest absolute Gasteiger partial charge is 0.251 e. The summed E-state index contributed by atoms with van der Waals surface area (Å²) in [4.78, 5) is 27.1. The summed E-state index contributed by atoms with van der Waals surface area (Å²) in [7, 11) is 0. The van der Waals surface area contributed by atoms with E-state index in [-0.39, 0.29) is 35.9 Å². The summed E-state index contributed by atoms with van der Waals surface area (Å²) in [6, 6.07) is 9.85. The molecule has 0 spiro atoms. The first kappa shape index (κ1) is 17.9. The fraction of sp³-hybridized carbons (Fsp3) is 0.600. The quantitative estimate of drug-likeness (QED) is 0.884. The van der Waals surface area contributed by atoms with Gasteiger partial charge in [-0.3, -0.25) is 9.59 Å². The average Bonchev–Trinajstić information content (AvgIpc) is 2.62. The van der Waals surface area contributed by atoms with Crippen molar-refractivity contribution >= 4 is 11.8 Å². The van der Waals surface area contributed by atoms with Gasteiger partial charge < -0.3 is 16.0 Å². The molecule has 0 unspecified atom stereocenters. The second kappa shape index (κ2) is 8.00. The third-order valence-corrected chi connectivity index (χ3v) is 5.65. The largest absolute Gasteiger partial charge is 0.349 e. The molecule has 3 N–H and O–H groups in total. The zero-order chi connectivity index (χ0) is 17.8. The van der Waals surface area contributed by atoms with Crippen LogP contribution in [0, 0.1) is 5.92 Å². The van der Waals surface area contributed by atoms with Gasteiger partial charge in [-0.25, -0.2) is 0 Å². The predicted octanol–water partition coefficient (Wildman–Crippen LogP) is 2.31. The molecule has 2 fully saturated rings. The average molecular weight is 343 g/mol. The van der Waals surface area contributed by atoms with E-state index in [1.807, 2.05) is 35.2 Å². The molecule has 25 heavy (non-hydrogen) atoms. The SMILES string of the molecule is C[C@H]1C[C@H](NC(=O)c2ccccc2)CCN1C(=O)C1CCC(N)CC1. The summed E-state index contributed by atoms with van der Waals surface area (Å²) in [6.45, 7) is 2.82. The molecule has 0 aromatic heterocycles. The van der Waals surface area contributed by atoms with Crippen molar-refractivity contribution in [3.8, 4) is 0 Å². The van der Waals surface area contributed by atoms with Crippen LogP contribution in [0.1, 0.15) is 55.8 Å². The van der Waals surface area contributed by atoms with E-state index in [1.165, 1.54) is 0 Å². The van der Waals surface area contributed by atoms with Gasteiger partial charge in [-0.15, -0.1) is 0 Å². The van der Waals surface area contributed by atoms with Crippen molar-refractivity contribution in [1.82, 2.24) is 10.2 Å². The number of likely N-dealkylation sites (tertiary alicyclic amines) is 1. The minimum Gasteiger partial charge on any atom is -0.349 e. The van der Waals surface area contributed by atoms with Gasteiger partial charge in [0.1, 0.15) is 0 Å². The van der Waals surface area contributed by atoms with Crippen LogP contribution in [-0.2, 0) is 4.79 Å². The number of nitrogens with one attached hydrogen (secondary N) is 1. The highest BCUT2D eigenvalue weighted by atomic mass is 16.2. The highest BCUT2D eigenvalue weighted by Gasteiger charge is 2.34. The lowest BCUT2D eigenvalue weighted by Gasteiger charge is -2.40. The summed E-state index contributed by atoms with van der Waals surface area (Å²) in [6.07, 6.45) is 5.37. The van der Waals surface area contributed by atoms with Gasteiger partial charge in [0.05, 0.1) is 0 Å². The molecule has 1 aromatic carbocycles. The van der Waals surface area contributed by atoms with Gasteiger partial charge in [0.15, 0.2) is 0 Å². The number of carbonyl (C=O) groups is 2. The van der Waals surface area contributed by atoms with Crippen LogP contribution >= 0.6 is 0 Å². The summed E-state index contributed by atoms with van der Waals surface area (Å²) >= 11 is 0. The van der Waals surface area contributed by atoms with Crippen LogP contribution in [-0.4, -0.2) is 41.4 Å². The maximum Gasteiger partial charge on any atom is 0.251 e. The Morgan fingerprint density at radius 2 is 1.76 bits per heavy atom. The van der Waals surface area contributed by atoms with Gasteiger partial charge in [0.2, 0.25) is 5.91 Å². The molecule has 3 rings (SSSR count). The first-order valence-electron chi connectivity index (χ1n) is 9.46. The van der Waals surface area contributed by atoms with Crippen molar-refractivity contribution < 1.29 is 9.59 Å². The van der Waals surface area contributed by atoms with Crippen LogP contribution in [0.4, 0.5) is 0 Å². The highest BCUT2D eigenvalue weighted by molar-refractivity contribution is 5.94. The molecule has 2 atom stereocenters. The van der Waals surface area contributed by atoms with Crippen molar-refractivity contribution in [2.24, 2.45) is 11.7 Å². The van der Waals surface area contributed by atoms with Gasteiger partial charge in [0, 0.05) is 36.2 Å². The fourth-order valence-corrected chi connectivity index (χ4v) is 4.09. The fourth-order valence-electron chi connectivity index (χ4n) is 4.09. The number of hydrogen-bond acceptors (Lipinski definition) is 3. The Bertz CT molecular complexity index is 596. The Hall–Kier alpha value is -1.88. The molecule has 2 amide bonds. The van der Waals surface area contributed by atoms with Crippen LogP contribution in [0.3, 0.4) is 0 Å². The second-order valence-corrected chi connectivity index (χ2v) is 7.55. The van der Waals surface area contributed by atoms with Crippen LogP contribution in [0.2, 0.25) is 0 Å². The number of rotatable bonds is 3. The van der Waals surface area contributed by atoms with E-state index in [1.54, 1.807) is 0 Å². The maximum absolute atomic E-state index is 12.8. The summed E-state index contributed by atoms with van der Waals surface area (Å²) in [5.74, 6) is 0.392. The number of nitrogens with zero attached hydrogens (tertiary/aromatic N) is 1. The minimum atomic E-state index is -0.0288. The Balaban J connectivity index is 1.52. The summed E-state index contributed by atoms with van der Waals surface area (Å²) in [5, 5.41) is 3.12. The van der Waals surface area contributed by atoms with Gasteiger partial charge in [-0.2, -0.15) is 0 Å². The Morgan fingerprint density at radius 1 is 1.08 bits per heavy atom. The number of nitrogens with two attached hydrogens (primary N) is 1. The molecule has 1 aliphatic heterocycles. The van der Waals surface area contributed by atoms with Crippen molar-refractivity contribution in [1.29, 1.82) is 0 Å². The lowest BCUT2D eigenvalue weighted by molar-refractivity contribution is -0.140. The summed E-state index contributed by atoms with van der Waals surface area (Å²) in [5.41, 5.74) is 6.64. The Morgan fingerprint density at radius 3 is 2.40 bits per heavy atom. The molecule has 0 bridgehead atoms. The molecule has 5 heteroatoms. The van der Waals surface area contributed by atoms with Crippen LogP contribution in [0.5, 0.6) is 0 Å². The topological polar surface area (TPSA) is 75.4 Å². The van der Waals surface area contributed by atoms with Crippen molar-refractivity contribution in [3.05, 3.63) is 35.9 Å². The van der Waals surface area contributed by atoms with Gasteiger partial charge in [0.25, 0.3) is 5.91 Å². The van der Waals surface area contributed by atoms with Gasteiger partial charge >= 0.3 is 0 Å². The van der Waals surface area contributed by atoms with E-state index in [2.05, 4.69) is 12.2 Å². The van der Waals surface area contributed by atoms with Crippen molar-refractivity contribution in [2.75, 3.05) is 6.54 Å². The Kier molecular flexibility index (Phi) is 5.74. The molecule has 1 saturated carbocycles. The predicted molar refractivity (Wildman–Crippen MR) is 98.0 cm³/mol. The number of carbonyl (C=O) groups excluding carboxylic acids is 2. The van der Waals surface area contributed by atoms with Crippen LogP contribution in [0.15, 0.2) is 30.3 Å². The number of benzene rings is 1.